The van der Waals surface area contributed by atoms with Crippen molar-refractivity contribution >= 4 is 11.0 Å². The molecule has 0 amide bonds. The molecule has 2 aromatic rings. The molecule has 1 saturated heterocycles. The number of nitrogens with zero attached hydrogens (tertiary/aromatic N) is 2. The lowest BCUT2D eigenvalue weighted by Crippen LogP contribution is -2.43. The van der Waals surface area contributed by atoms with Gasteiger partial charge >= 0.3 is 0 Å². The van der Waals surface area contributed by atoms with Crippen LogP contribution in [-0.2, 0) is 17.2 Å². The fraction of sp³-hybridized carbons (Fsp3) is 0.462. The van der Waals surface area contributed by atoms with Crippen LogP contribution in [0.4, 0.5) is 4.39 Å². The summed E-state index contributed by atoms with van der Waals surface area (Å²) < 4.78 is 20.6. The van der Waals surface area contributed by atoms with Gasteiger partial charge in [-0.05, 0) is 25.1 Å². The van der Waals surface area contributed by atoms with E-state index in [-0.39, 0.29) is 17.3 Å². The van der Waals surface area contributed by atoms with Crippen LogP contribution in [0.25, 0.3) is 11.0 Å². The quantitative estimate of drug-likeness (QED) is 0.829. The van der Waals surface area contributed by atoms with Gasteiger partial charge in [0.1, 0.15) is 11.6 Å². The molecule has 0 bridgehead atoms. The zero-order valence-electron chi connectivity index (χ0n) is 10.5. The molecule has 5 heteroatoms. The summed E-state index contributed by atoms with van der Waals surface area (Å²) in [6.45, 7) is 3.13. The number of nitrogens with two attached hydrogens (primary N) is 1. The lowest BCUT2D eigenvalue weighted by Gasteiger charge is -2.26. The zero-order chi connectivity index (χ0) is 12.9. The van der Waals surface area contributed by atoms with E-state index in [1.807, 2.05) is 18.5 Å². The molecule has 0 radical (unpaired) electrons. The Kier molecular flexibility index (Phi) is 2.43. The molecule has 96 valence electrons. The van der Waals surface area contributed by atoms with Crippen LogP contribution >= 0.6 is 0 Å². The number of rotatable bonds is 1. The summed E-state index contributed by atoms with van der Waals surface area (Å²) in [5.41, 5.74) is 7.37. The van der Waals surface area contributed by atoms with Crippen molar-refractivity contribution in [1.29, 1.82) is 0 Å². The molecular formula is C13H16FN3O. The molecule has 1 aromatic carbocycles. The van der Waals surface area contributed by atoms with Crippen molar-refractivity contribution < 1.29 is 9.13 Å². The third-order valence-electron chi connectivity index (χ3n) is 3.87. The first-order valence-corrected chi connectivity index (χ1v) is 5.98. The van der Waals surface area contributed by atoms with Gasteiger partial charge in [-0.15, -0.1) is 0 Å². The van der Waals surface area contributed by atoms with Gasteiger partial charge in [0.2, 0.25) is 0 Å². The van der Waals surface area contributed by atoms with E-state index < -0.39 is 0 Å². The molecule has 2 heterocycles. The number of fused-ring (bicyclic) bond motifs is 1. The first-order chi connectivity index (χ1) is 8.52. The summed E-state index contributed by atoms with van der Waals surface area (Å²) in [7, 11) is 1.89. The Morgan fingerprint density at radius 3 is 3.00 bits per heavy atom. The first kappa shape index (κ1) is 11.6. The maximum atomic E-state index is 13.3. The minimum Gasteiger partial charge on any atom is -0.379 e. The average Bonchev–Trinajstić information content (AvgIpc) is 2.83. The molecule has 2 atom stereocenters. The Hall–Kier alpha value is -1.46. The van der Waals surface area contributed by atoms with Gasteiger partial charge in [0.05, 0.1) is 29.7 Å². The lowest BCUT2D eigenvalue weighted by molar-refractivity contribution is 0.177. The second-order valence-corrected chi connectivity index (χ2v) is 5.17. The molecule has 1 aromatic heterocycles. The number of ether oxygens (including phenoxy) is 1. The number of halogens is 1. The van der Waals surface area contributed by atoms with Crippen molar-refractivity contribution in [1.82, 2.24) is 9.55 Å². The lowest BCUT2D eigenvalue weighted by atomic mass is 9.85. The number of aromatic nitrogens is 2. The Morgan fingerprint density at radius 1 is 1.56 bits per heavy atom. The number of imidazole rings is 1. The predicted octanol–water partition coefficient (Wildman–Crippen LogP) is 1.33. The molecule has 4 nitrogen and oxygen atoms in total. The van der Waals surface area contributed by atoms with Crippen molar-refractivity contribution in [2.45, 2.75) is 18.4 Å². The van der Waals surface area contributed by atoms with Crippen LogP contribution in [-0.4, -0.2) is 28.8 Å². The molecule has 0 aliphatic carbocycles. The molecule has 1 aliphatic rings. The SMILES string of the molecule is Cn1c(C2(C)COCC2N)nc2ccc(F)cc21. The minimum absolute atomic E-state index is 0.0853. The maximum absolute atomic E-state index is 13.3. The molecule has 2 unspecified atom stereocenters. The van der Waals surface area contributed by atoms with Gasteiger partial charge in [0.25, 0.3) is 0 Å². The monoisotopic (exact) mass is 249 g/mol. The largest absolute Gasteiger partial charge is 0.379 e. The molecular weight excluding hydrogens is 233 g/mol. The van der Waals surface area contributed by atoms with E-state index in [9.17, 15) is 4.39 Å². The molecule has 18 heavy (non-hydrogen) atoms. The Balaban J connectivity index is 2.21. The van der Waals surface area contributed by atoms with E-state index in [0.29, 0.717) is 13.2 Å². The van der Waals surface area contributed by atoms with Gasteiger partial charge in [-0.3, -0.25) is 0 Å². The summed E-state index contributed by atoms with van der Waals surface area (Å²) in [6, 6.07) is 4.53. The summed E-state index contributed by atoms with van der Waals surface area (Å²) in [5, 5.41) is 0. The van der Waals surface area contributed by atoms with Gasteiger partial charge in [-0.25, -0.2) is 9.37 Å². The molecule has 3 rings (SSSR count). The van der Waals surface area contributed by atoms with Crippen molar-refractivity contribution in [2.75, 3.05) is 13.2 Å². The topological polar surface area (TPSA) is 53.1 Å². The Bertz CT molecular complexity index is 610. The van der Waals surface area contributed by atoms with E-state index in [2.05, 4.69) is 4.98 Å². The van der Waals surface area contributed by atoms with Gasteiger partial charge in [0, 0.05) is 13.1 Å². The number of benzene rings is 1. The summed E-state index contributed by atoms with van der Waals surface area (Å²) in [6.07, 6.45) is 0. The van der Waals surface area contributed by atoms with Gasteiger partial charge in [0.15, 0.2) is 0 Å². The van der Waals surface area contributed by atoms with Crippen LogP contribution in [0.5, 0.6) is 0 Å². The highest BCUT2D eigenvalue weighted by Crippen LogP contribution is 2.33. The van der Waals surface area contributed by atoms with Crippen molar-refractivity contribution in [2.24, 2.45) is 12.8 Å². The normalized spacial score (nSPS) is 28.1. The third kappa shape index (κ3) is 1.47. The predicted molar refractivity (Wildman–Crippen MR) is 66.8 cm³/mol. The van der Waals surface area contributed by atoms with Crippen molar-refractivity contribution in [3.8, 4) is 0 Å². The zero-order valence-corrected chi connectivity index (χ0v) is 10.5. The highest BCUT2D eigenvalue weighted by Gasteiger charge is 2.42. The Labute approximate surface area is 105 Å². The highest BCUT2D eigenvalue weighted by atomic mass is 19.1. The summed E-state index contributed by atoms with van der Waals surface area (Å²) >= 11 is 0. The molecule has 0 saturated carbocycles. The van der Waals surface area contributed by atoms with E-state index in [1.54, 1.807) is 6.07 Å². The van der Waals surface area contributed by atoms with Gasteiger partial charge in [-0.2, -0.15) is 0 Å². The van der Waals surface area contributed by atoms with E-state index in [0.717, 1.165) is 16.9 Å². The smallest absolute Gasteiger partial charge is 0.125 e. The highest BCUT2D eigenvalue weighted by molar-refractivity contribution is 5.76. The fourth-order valence-corrected chi connectivity index (χ4v) is 2.59. The van der Waals surface area contributed by atoms with Crippen molar-refractivity contribution in [3.63, 3.8) is 0 Å². The number of hydrogen-bond donors (Lipinski definition) is 1. The summed E-state index contributed by atoms with van der Waals surface area (Å²) in [5.74, 6) is 0.599. The van der Waals surface area contributed by atoms with Gasteiger partial charge < -0.3 is 15.0 Å². The van der Waals surface area contributed by atoms with E-state index in [4.69, 9.17) is 10.5 Å². The molecule has 2 N–H and O–H groups in total. The van der Waals surface area contributed by atoms with Gasteiger partial charge in [-0.1, -0.05) is 0 Å². The summed E-state index contributed by atoms with van der Waals surface area (Å²) in [4.78, 5) is 4.59. The fourth-order valence-electron chi connectivity index (χ4n) is 2.59. The molecule has 1 fully saturated rings. The standard InChI is InChI=1S/C13H16FN3O/c1-13(7-18-6-11(13)15)12-16-9-4-3-8(14)5-10(9)17(12)2/h3-5,11H,6-7,15H2,1-2H3. The number of hydrogen-bond acceptors (Lipinski definition) is 3. The number of aryl methyl sites for hydroxylation is 1. The second kappa shape index (κ2) is 3.76. The van der Waals surface area contributed by atoms with Crippen LogP contribution in [0.2, 0.25) is 0 Å². The average molecular weight is 249 g/mol. The van der Waals surface area contributed by atoms with Crippen molar-refractivity contribution in [3.05, 3.63) is 29.8 Å². The first-order valence-electron chi connectivity index (χ1n) is 5.98. The maximum Gasteiger partial charge on any atom is 0.125 e. The van der Waals surface area contributed by atoms with Crippen LogP contribution in [0, 0.1) is 5.82 Å². The third-order valence-corrected chi connectivity index (χ3v) is 3.87. The molecule has 0 spiro atoms. The second-order valence-electron chi connectivity index (χ2n) is 5.17. The van der Waals surface area contributed by atoms with E-state index >= 15 is 0 Å². The minimum atomic E-state index is -0.315. The van der Waals surface area contributed by atoms with Crippen LogP contribution in [0.15, 0.2) is 18.2 Å². The van der Waals surface area contributed by atoms with Crippen LogP contribution in [0.3, 0.4) is 0 Å². The van der Waals surface area contributed by atoms with Crippen LogP contribution in [0.1, 0.15) is 12.7 Å². The van der Waals surface area contributed by atoms with E-state index in [1.165, 1.54) is 12.1 Å². The Morgan fingerprint density at radius 2 is 2.33 bits per heavy atom. The van der Waals surface area contributed by atoms with Crippen LogP contribution < -0.4 is 5.73 Å². The molecule has 1 aliphatic heterocycles.